The molecule has 1 N–H and O–H groups in total. The molecular formula is C21H24N2O3. The highest BCUT2D eigenvalue weighted by Crippen LogP contribution is 2.46. The van der Waals surface area contributed by atoms with Crippen molar-refractivity contribution < 1.29 is 9.53 Å². The smallest absolute Gasteiger partial charge is 0.253 e. The molecule has 0 unspecified atom stereocenters. The van der Waals surface area contributed by atoms with Crippen LogP contribution in [0.5, 0.6) is 5.75 Å². The van der Waals surface area contributed by atoms with Crippen LogP contribution in [-0.2, 0) is 7.05 Å². The van der Waals surface area contributed by atoms with E-state index in [0.717, 1.165) is 30.6 Å². The largest absolute Gasteiger partial charge is 0.487 e. The zero-order valence-corrected chi connectivity index (χ0v) is 15.0. The van der Waals surface area contributed by atoms with Crippen molar-refractivity contribution in [2.45, 2.75) is 50.2 Å². The first-order valence-electron chi connectivity index (χ1n) is 9.32. The number of hydrogen-bond acceptors (Lipinski definition) is 3. The molecule has 2 aliphatic rings. The quantitative estimate of drug-likeness (QED) is 0.902. The van der Waals surface area contributed by atoms with Crippen molar-refractivity contribution in [2.24, 2.45) is 7.05 Å². The summed E-state index contributed by atoms with van der Waals surface area (Å²) in [4.78, 5) is 24.4. The highest BCUT2D eigenvalue weighted by Gasteiger charge is 2.42. The van der Waals surface area contributed by atoms with Gasteiger partial charge in [0, 0.05) is 31.3 Å². The third-order valence-electron chi connectivity index (χ3n) is 5.62. The first-order valence-corrected chi connectivity index (χ1v) is 9.32. The van der Waals surface area contributed by atoms with Crippen LogP contribution < -0.4 is 15.6 Å². The van der Waals surface area contributed by atoms with Crippen LogP contribution in [0, 0.1) is 0 Å². The molecule has 1 saturated carbocycles. The van der Waals surface area contributed by atoms with Gasteiger partial charge in [-0.3, -0.25) is 9.59 Å². The van der Waals surface area contributed by atoms with Crippen LogP contribution >= 0.6 is 0 Å². The van der Waals surface area contributed by atoms with Gasteiger partial charge >= 0.3 is 0 Å². The van der Waals surface area contributed by atoms with Gasteiger partial charge in [0.25, 0.3) is 5.91 Å². The number of amides is 1. The summed E-state index contributed by atoms with van der Waals surface area (Å²) in [7, 11) is 1.65. The number of aromatic nitrogens is 1. The molecule has 1 aromatic carbocycles. The minimum atomic E-state index is -0.173. The lowest BCUT2D eigenvalue weighted by molar-refractivity contribution is -0.00210. The summed E-state index contributed by atoms with van der Waals surface area (Å²) < 4.78 is 7.84. The number of carbonyl (C=O) groups excluding carboxylic acids is 1. The van der Waals surface area contributed by atoms with Crippen molar-refractivity contribution >= 4 is 5.91 Å². The first-order chi connectivity index (χ1) is 12.6. The van der Waals surface area contributed by atoms with Gasteiger partial charge < -0.3 is 14.6 Å². The van der Waals surface area contributed by atoms with E-state index in [9.17, 15) is 9.59 Å². The summed E-state index contributed by atoms with van der Waals surface area (Å²) in [6, 6.07) is 10.9. The van der Waals surface area contributed by atoms with Crippen LogP contribution in [-0.4, -0.2) is 16.1 Å². The molecule has 0 saturated heterocycles. The van der Waals surface area contributed by atoms with Gasteiger partial charge in [-0.1, -0.05) is 24.6 Å². The van der Waals surface area contributed by atoms with E-state index in [1.807, 2.05) is 24.3 Å². The van der Waals surface area contributed by atoms with Crippen LogP contribution in [0.1, 0.15) is 60.5 Å². The maximum atomic E-state index is 12.8. The summed E-state index contributed by atoms with van der Waals surface area (Å²) in [6.07, 6.45) is 8.04. The number of nitrogens with zero attached hydrogens (tertiary/aromatic N) is 1. The summed E-state index contributed by atoms with van der Waals surface area (Å²) in [5.74, 6) is 0.722. The Hall–Kier alpha value is -2.56. The number of fused-ring (bicyclic) bond motifs is 1. The average Bonchev–Trinajstić information content (AvgIpc) is 2.64. The zero-order chi connectivity index (χ0) is 18.1. The van der Waals surface area contributed by atoms with E-state index in [-0.39, 0.29) is 23.1 Å². The fraction of sp³-hybridized carbons (Fsp3) is 0.429. The first kappa shape index (κ1) is 16.9. The molecule has 26 heavy (non-hydrogen) atoms. The molecule has 1 fully saturated rings. The number of rotatable bonds is 2. The molecule has 5 nitrogen and oxygen atoms in total. The van der Waals surface area contributed by atoms with Gasteiger partial charge in [0.15, 0.2) is 0 Å². The molecule has 0 radical (unpaired) electrons. The minimum absolute atomic E-state index is 0.0808. The Morgan fingerprint density at radius 1 is 1.15 bits per heavy atom. The molecule has 0 bridgehead atoms. The number of ether oxygens (including phenoxy) is 1. The predicted molar refractivity (Wildman–Crippen MR) is 99.4 cm³/mol. The van der Waals surface area contributed by atoms with Gasteiger partial charge in [-0.05, 0) is 37.8 Å². The average molecular weight is 352 g/mol. The predicted octanol–water partition coefficient (Wildman–Crippen LogP) is 3.34. The maximum Gasteiger partial charge on any atom is 0.253 e. The van der Waals surface area contributed by atoms with Gasteiger partial charge in [-0.15, -0.1) is 0 Å². The molecule has 5 heteroatoms. The number of hydrogen-bond donors (Lipinski definition) is 1. The fourth-order valence-corrected chi connectivity index (χ4v) is 4.22. The van der Waals surface area contributed by atoms with Crippen LogP contribution in [0.15, 0.2) is 47.4 Å². The third kappa shape index (κ3) is 3.14. The minimum Gasteiger partial charge on any atom is -0.487 e. The lowest BCUT2D eigenvalue weighted by atomic mass is 9.77. The van der Waals surface area contributed by atoms with Crippen molar-refractivity contribution in [1.82, 2.24) is 9.88 Å². The molecule has 1 aliphatic heterocycles. The molecule has 1 atom stereocenters. The normalized spacial score (nSPS) is 20.9. The third-order valence-corrected chi connectivity index (χ3v) is 5.62. The van der Waals surface area contributed by atoms with Gasteiger partial charge in [0.2, 0.25) is 5.56 Å². The number of carbonyl (C=O) groups is 1. The van der Waals surface area contributed by atoms with Crippen molar-refractivity contribution in [3.8, 4) is 5.75 Å². The van der Waals surface area contributed by atoms with E-state index in [4.69, 9.17) is 4.74 Å². The topological polar surface area (TPSA) is 60.3 Å². The second-order valence-corrected chi connectivity index (χ2v) is 7.48. The highest BCUT2D eigenvalue weighted by atomic mass is 16.5. The summed E-state index contributed by atoms with van der Waals surface area (Å²) in [5, 5.41) is 3.18. The van der Waals surface area contributed by atoms with Crippen molar-refractivity contribution in [2.75, 3.05) is 0 Å². The van der Waals surface area contributed by atoms with Crippen molar-refractivity contribution in [3.05, 3.63) is 64.1 Å². The molecule has 4 rings (SSSR count). The lowest BCUT2D eigenvalue weighted by Crippen LogP contribution is -2.46. The number of pyridine rings is 1. The van der Waals surface area contributed by atoms with E-state index >= 15 is 0 Å². The summed E-state index contributed by atoms with van der Waals surface area (Å²) in [6.45, 7) is 0. The molecule has 2 heterocycles. The SMILES string of the molecule is Cn1cc(C(=O)N[C@@H]2CC3(CCCCC3)Oc3ccccc32)ccc1=O. The number of nitrogens with one attached hydrogen (secondary N) is 1. The maximum absolute atomic E-state index is 12.8. The Morgan fingerprint density at radius 2 is 1.92 bits per heavy atom. The molecule has 1 aromatic heterocycles. The number of benzene rings is 1. The summed E-state index contributed by atoms with van der Waals surface area (Å²) in [5.41, 5.74) is 1.23. The highest BCUT2D eigenvalue weighted by molar-refractivity contribution is 5.94. The Balaban J connectivity index is 1.62. The zero-order valence-electron chi connectivity index (χ0n) is 15.0. The molecule has 1 spiro atoms. The second kappa shape index (κ2) is 6.63. The van der Waals surface area contributed by atoms with Gasteiger partial charge in [0.05, 0.1) is 11.6 Å². The van der Waals surface area contributed by atoms with Gasteiger partial charge in [0.1, 0.15) is 11.4 Å². The Morgan fingerprint density at radius 3 is 2.69 bits per heavy atom. The second-order valence-electron chi connectivity index (χ2n) is 7.48. The summed E-state index contributed by atoms with van der Waals surface area (Å²) >= 11 is 0. The Kier molecular flexibility index (Phi) is 4.31. The number of para-hydroxylation sites is 1. The molecule has 1 amide bonds. The molecule has 136 valence electrons. The molecular weight excluding hydrogens is 328 g/mol. The van der Waals surface area contributed by atoms with Crippen molar-refractivity contribution in [3.63, 3.8) is 0 Å². The monoisotopic (exact) mass is 352 g/mol. The molecule has 2 aromatic rings. The van der Waals surface area contributed by atoms with Crippen LogP contribution in [0.3, 0.4) is 0 Å². The van der Waals surface area contributed by atoms with E-state index in [1.165, 1.54) is 29.9 Å². The van der Waals surface area contributed by atoms with E-state index in [0.29, 0.717) is 5.56 Å². The van der Waals surface area contributed by atoms with E-state index in [2.05, 4.69) is 5.32 Å². The molecule has 1 aliphatic carbocycles. The van der Waals surface area contributed by atoms with Crippen molar-refractivity contribution in [1.29, 1.82) is 0 Å². The lowest BCUT2D eigenvalue weighted by Gasteiger charge is -2.44. The van der Waals surface area contributed by atoms with E-state index in [1.54, 1.807) is 19.3 Å². The standard InChI is InChI=1S/C21H24N2O3/c1-23-14-15(9-10-19(23)24)20(25)22-17-13-21(11-5-2-6-12-21)26-18-8-4-3-7-16(17)18/h3-4,7-10,14,17H,2,5-6,11-13H2,1H3,(H,22,25)/t17-/m1/s1. The van der Waals surface area contributed by atoms with Crippen LogP contribution in [0.2, 0.25) is 0 Å². The van der Waals surface area contributed by atoms with E-state index < -0.39 is 0 Å². The van der Waals surface area contributed by atoms with Gasteiger partial charge in [-0.25, -0.2) is 0 Å². The Bertz CT molecular complexity index is 881. The number of aryl methyl sites for hydroxylation is 1. The van der Waals surface area contributed by atoms with Crippen LogP contribution in [0.25, 0.3) is 0 Å². The van der Waals surface area contributed by atoms with Gasteiger partial charge in [-0.2, -0.15) is 0 Å². The Labute approximate surface area is 153 Å². The fourth-order valence-electron chi connectivity index (χ4n) is 4.22. The van der Waals surface area contributed by atoms with Crippen LogP contribution in [0.4, 0.5) is 0 Å².